The minimum atomic E-state index is -3.48. The molecular weight excluding hydrogens is 266 g/mol. The van der Waals surface area contributed by atoms with Crippen LogP contribution in [0.2, 0.25) is 0 Å². The van der Waals surface area contributed by atoms with Gasteiger partial charge in [0.1, 0.15) is 16.4 Å². The number of rotatable bonds is 3. The van der Waals surface area contributed by atoms with Crippen molar-refractivity contribution < 1.29 is 17.6 Å². The fourth-order valence-corrected chi connectivity index (χ4v) is 3.50. The van der Waals surface area contributed by atoms with Crippen LogP contribution in [-0.2, 0) is 20.6 Å². The predicted molar refractivity (Wildman–Crippen MR) is 62.6 cm³/mol. The molecule has 1 aromatic heterocycles. The maximum Gasteiger partial charge on any atom is 0.246 e. The Morgan fingerprint density at radius 1 is 1.41 bits per heavy atom. The third-order valence-corrected chi connectivity index (χ3v) is 4.91. The van der Waals surface area contributed by atoms with Gasteiger partial charge in [0.15, 0.2) is 0 Å². The first-order chi connectivity index (χ1) is 8.05. The Kier molecular flexibility index (Phi) is 3.77. The third-order valence-electron chi connectivity index (χ3n) is 2.64. The smallest absolute Gasteiger partial charge is 0.246 e. The number of alkyl halides is 1. The molecule has 0 unspecified atom stereocenters. The molecule has 96 valence electrons. The Bertz CT molecular complexity index is 490. The van der Waals surface area contributed by atoms with Crippen molar-refractivity contribution >= 4 is 21.6 Å². The maximum absolute atomic E-state index is 12.3. The lowest BCUT2D eigenvalue weighted by molar-refractivity contribution is 0.0730. The van der Waals surface area contributed by atoms with Crippen molar-refractivity contribution in [1.29, 1.82) is 0 Å². The quantitative estimate of drug-likeness (QED) is 0.784. The van der Waals surface area contributed by atoms with Gasteiger partial charge in [-0.2, -0.15) is 4.31 Å². The molecule has 1 fully saturated rings. The zero-order valence-electron chi connectivity index (χ0n) is 9.48. The number of hydrogen-bond donors (Lipinski definition) is 0. The van der Waals surface area contributed by atoms with Crippen LogP contribution in [0.3, 0.4) is 0 Å². The minimum Gasteiger partial charge on any atom is -0.464 e. The Labute approximate surface area is 105 Å². The van der Waals surface area contributed by atoms with Gasteiger partial charge in [-0.25, -0.2) is 8.42 Å². The van der Waals surface area contributed by atoms with Crippen LogP contribution in [0.4, 0.5) is 0 Å². The van der Waals surface area contributed by atoms with E-state index in [0.29, 0.717) is 37.8 Å². The maximum atomic E-state index is 12.3. The average Bonchev–Trinajstić information content (AvgIpc) is 2.72. The SMILES string of the molecule is Cc1oc(CCl)cc1S(=O)(=O)N1CCOCC1. The van der Waals surface area contributed by atoms with E-state index in [1.165, 1.54) is 10.4 Å². The first-order valence-electron chi connectivity index (χ1n) is 5.29. The number of halogens is 1. The normalized spacial score (nSPS) is 18.5. The van der Waals surface area contributed by atoms with Crippen molar-refractivity contribution in [3.8, 4) is 0 Å². The number of hydrogen-bond acceptors (Lipinski definition) is 4. The van der Waals surface area contributed by atoms with E-state index in [9.17, 15) is 8.42 Å². The summed E-state index contributed by atoms with van der Waals surface area (Å²) in [5, 5.41) is 0. The highest BCUT2D eigenvalue weighted by Gasteiger charge is 2.29. The number of aryl methyl sites for hydroxylation is 1. The molecule has 0 N–H and O–H groups in total. The fraction of sp³-hybridized carbons (Fsp3) is 0.600. The second-order valence-corrected chi connectivity index (χ2v) is 5.96. The summed E-state index contributed by atoms with van der Waals surface area (Å²) in [7, 11) is -3.48. The summed E-state index contributed by atoms with van der Waals surface area (Å²) in [4.78, 5) is 0.204. The second-order valence-electron chi connectivity index (χ2n) is 3.78. The largest absolute Gasteiger partial charge is 0.464 e. The van der Waals surface area contributed by atoms with E-state index < -0.39 is 10.0 Å². The molecule has 0 aliphatic carbocycles. The summed E-state index contributed by atoms with van der Waals surface area (Å²) in [5.41, 5.74) is 0. The highest BCUT2D eigenvalue weighted by Crippen LogP contribution is 2.24. The lowest BCUT2D eigenvalue weighted by Crippen LogP contribution is -2.40. The lowest BCUT2D eigenvalue weighted by atomic mass is 10.4. The lowest BCUT2D eigenvalue weighted by Gasteiger charge is -2.25. The molecule has 1 aliphatic heterocycles. The first kappa shape index (κ1) is 12.9. The Balaban J connectivity index is 2.33. The predicted octanol–water partition coefficient (Wildman–Crippen LogP) is 1.35. The molecule has 1 saturated heterocycles. The zero-order valence-corrected chi connectivity index (χ0v) is 11.1. The summed E-state index contributed by atoms with van der Waals surface area (Å²) in [5.74, 6) is 1.02. The molecule has 2 heterocycles. The van der Waals surface area contributed by atoms with Gasteiger partial charge in [0.05, 0.1) is 19.1 Å². The van der Waals surface area contributed by atoms with Gasteiger partial charge in [-0.15, -0.1) is 11.6 Å². The van der Waals surface area contributed by atoms with Crippen molar-refractivity contribution in [2.75, 3.05) is 26.3 Å². The molecule has 1 aliphatic rings. The van der Waals surface area contributed by atoms with Crippen LogP contribution < -0.4 is 0 Å². The molecule has 5 nitrogen and oxygen atoms in total. The van der Waals surface area contributed by atoms with E-state index in [4.69, 9.17) is 20.8 Å². The van der Waals surface area contributed by atoms with Crippen LogP contribution in [-0.4, -0.2) is 39.0 Å². The van der Waals surface area contributed by atoms with Crippen LogP contribution in [0.5, 0.6) is 0 Å². The molecule has 0 saturated carbocycles. The number of ether oxygens (including phenoxy) is 1. The monoisotopic (exact) mass is 279 g/mol. The minimum absolute atomic E-state index is 0.166. The van der Waals surface area contributed by atoms with Gasteiger partial charge < -0.3 is 9.15 Å². The number of furan rings is 1. The summed E-state index contributed by atoms with van der Waals surface area (Å²) < 4.78 is 36.4. The van der Waals surface area contributed by atoms with Gasteiger partial charge in [-0.1, -0.05) is 0 Å². The Morgan fingerprint density at radius 3 is 2.59 bits per heavy atom. The molecule has 1 aromatic rings. The Hall–Kier alpha value is -0.560. The highest BCUT2D eigenvalue weighted by atomic mass is 35.5. The van der Waals surface area contributed by atoms with Crippen LogP contribution in [0.1, 0.15) is 11.5 Å². The molecule has 7 heteroatoms. The van der Waals surface area contributed by atoms with Gasteiger partial charge in [-0.3, -0.25) is 0 Å². The molecule has 17 heavy (non-hydrogen) atoms. The van der Waals surface area contributed by atoms with Crippen LogP contribution in [0, 0.1) is 6.92 Å². The topological polar surface area (TPSA) is 59.8 Å². The van der Waals surface area contributed by atoms with E-state index in [0.717, 1.165) is 0 Å². The van der Waals surface area contributed by atoms with Crippen LogP contribution in [0.15, 0.2) is 15.4 Å². The van der Waals surface area contributed by atoms with Gasteiger partial charge >= 0.3 is 0 Å². The summed E-state index contributed by atoms with van der Waals surface area (Å²) >= 11 is 5.63. The molecule has 0 bridgehead atoms. The average molecular weight is 280 g/mol. The molecule has 0 spiro atoms. The van der Waals surface area contributed by atoms with E-state index in [-0.39, 0.29) is 10.8 Å². The zero-order chi connectivity index (χ0) is 12.5. The second kappa shape index (κ2) is 4.97. The molecule has 0 aromatic carbocycles. The fourth-order valence-electron chi connectivity index (χ4n) is 1.77. The summed E-state index contributed by atoms with van der Waals surface area (Å²) in [6, 6.07) is 1.49. The van der Waals surface area contributed by atoms with Crippen molar-refractivity contribution in [2.45, 2.75) is 17.7 Å². The number of nitrogens with zero attached hydrogens (tertiary/aromatic N) is 1. The van der Waals surface area contributed by atoms with Crippen molar-refractivity contribution in [3.05, 3.63) is 17.6 Å². The molecule has 0 atom stereocenters. The van der Waals surface area contributed by atoms with Gasteiger partial charge in [0.2, 0.25) is 10.0 Å². The van der Waals surface area contributed by atoms with Crippen molar-refractivity contribution in [1.82, 2.24) is 4.31 Å². The highest BCUT2D eigenvalue weighted by molar-refractivity contribution is 7.89. The van der Waals surface area contributed by atoms with Crippen LogP contribution in [0.25, 0.3) is 0 Å². The third kappa shape index (κ3) is 2.49. The van der Waals surface area contributed by atoms with Crippen LogP contribution >= 0.6 is 11.6 Å². The molecule has 2 rings (SSSR count). The van der Waals surface area contributed by atoms with Gasteiger partial charge in [0.25, 0.3) is 0 Å². The van der Waals surface area contributed by atoms with Crippen molar-refractivity contribution in [2.24, 2.45) is 0 Å². The molecule has 0 radical (unpaired) electrons. The van der Waals surface area contributed by atoms with Gasteiger partial charge in [0, 0.05) is 19.2 Å². The summed E-state index contributed by atoms with van der Waals surface area (Å²) in [6.45, 7) is 3.24. The number of sulfonamides is 1. The summed E-state index contributed by atoms with van der Waals surface area (Å²) in [6.07, 6.45) is 0. The van der Waals surface area contributed by atoms with E-state index in [1.807, 2.05) is 0 Å². The first-order valence-corrected chi connectivity index (χ1v) is 7.26. The van der Waals surface area contributed by atoms with E-state index >= 15 is 0 Å². The Morgan fingerprint density at radius 2 is 2.06 bits per heavy atom. The van der Waals surface area contributed by atoms with Crippen molar-refractivity contribution in [3.63, 3.8) is 0 Å². The standard InChI is InChI=1S/C10H14ClNO4S/c1-8-10(6-9(7-11)16-8)17(13,14)12-2-4-15-5-3-12/h6H,2-5,7H2,1H3. The molecule has 0 amide bonds. The van der Waals surface area contributed by atoms with Gasteiger partial charge in [-0.05, 0) is 6.92 Å². The van der Waals surface area contributed by atoms with E-state index in [2.05, 4.69) is 0 Å². The number of morpholine rings is 1. The van der Waals surface area contributed by atoms with E-state index in [1.54, 1.807) is 6.92 Å². The molecular formula is C10H14ClNO4S.